The van der Waals surface area contributed by atoms with Crippen LogP contribution < -0.4 is 10.1 Å². The first kappa shape index (κ1) is 16.5. The van der Waals surface area contributed by atoms with E-state index < -0.39 is 0 Å². The maximum atomic E-state index is 12.5. The van der Waals surface area contributed by atoms with E-state index in [9.17, 15) is 4.79 Å². The molecule has 128 valence electrons. The number of rotatable bonds is 6. The number of carbonyl (C=O) groups excluding carboxylic acids is 1. The van der Waals surface area contributed by atoms with Crippen molar-refractivity contribution in [3.63, 3.8) is 0 Å². The van der Waals surface area contributed by atoms with Gasteiger partial charge in [-0.15, -0.1) is 0 Å². The molecule has 1 aliphatic rings. The summed E-state index contributed by atoms with van der Waals surface area (Å²) < 4.78 is 15.9. The van der Waals surface area contributed by atoms with Crippen LogP contribution in [0.4, 0.5) is 5.69 Å². The summed E-state index contributed by atoms with van der Waals surface area (Å²) in [6.45, 7) is 4.19. The van der Waals surface area contributed by atoms with Gasteiger partial charge < -0.3 is 19.3 Å². The van der Waals surface area contributed by atoms with Gasteiger partial charge in [0.25, 0.3) is 0 Å². The molecule has 1 aliphatic carbocycles. The monoisotopic (exact) mass is 330 g/mol. The summed E-state index contributed by atoms with van der Waals surface area (Å²) in [6, 6.07) is 5.57. The van der Waals surface area contributed by atoms with Gasteiger partial charge >= 0.3 is 0 Å². The number of aryl methyl sites for hydroxylation is 2. The third-order valence-electron chi connectivity index (χ3n) is 4.52. The van der Waals surface area contributed by atoms with Gasteiger partial charge in [-0.2, -0.15) is 0 Å². The predicted octanol–water partition coefficient (Wildman–Crippen LogP) is 3.33. The molecule has 1 aromatic carbocycles. The minimum absolute atomic E-state index is 0.000714. The minimum Gasteiger partial charge on any atom is -0.496 e. The zero-order valence-electron chi connectivity index (χ0n) is 14.4. The number of hydrogen-bond acceptors (Lipinski definition) is 5. The Hall–Kier alpha value is -2.34. The molecule has 1 aromatic heterocycles. The van der Waals surface area contributed by atoms with E-state index in [-0.39, 0.29) is 11.3 Å². The van der Waals surface area contributed by atoms with Crippen molar-refractivity contribution >= 4 is 11.6 Å². The van der Waals surface area contributed by atoms with Crippen LogP contribution in [0.1, 0.15) is 24.3 Å². The molecule has 1 amide bonds. The molecule has 0 radical (unpaired) electrons. The van der Waals surface area contributed by atoms with Gasteiger partial charge in [-0.1, -0.05) is 5.16 Å². The van der Waals surface area contributed by atoms with E-state index in [1.165, 1.54) is 0 Å². The number of ether oxygens (including phenoxy) is 2. The Morgan fingerprint density at radius 2 is 2.08 bits per heavy atom. The molecular formula is C18H22N2O4. The first-order valence-electron chi connectivity index (χ1n) is 7.92. The molecular weight excluding hydrogens is 308 g/mol. The molecule has 3 rings (SSSR count). The summed E-state index contributed by atoms with van der Waals surface area (Å²) in [4.78, 5) is 12.5. The van der Waals surface area contributed by atoms with E-state index >= 15 is 0 Å². The quantitative estimate of drug-likeness (QED) is 0.879. The Labute approximate surface area is 141 Å². The number of benzene rings is 1. The molecule has 6 heteroatoms. The van der Waals surface area contributed by atoms with Crippen molar-refractivity contribution in [2.24, 2.45) is 5.41 Å². The highest BCUT2D eigenvalue weighted by Gasteiger charge is 2.49. The van der Waals surface area contributed by atoms with Gasteiger partial charge in [-0.3, -0.25) is 4.79 Å². The molecule has 0 unspecified atom stereocenters. The third kappa shape index (κ3) is 2.89. The van der Waals surface area contributed by atoms with Crippen molar-refractivity contribution in [1.29, 1.82) is 0 Å². The highest BCUT2D eigenvalue weighted by molar-refractivity contribution is 5.98. The van der Waals surface area contributed by atoms with Crippen molar-refractivity contribution in [3.8, 4) is 16.9 Å². The fraction of sp³-hybridized carbons (Fsp3) is 0.444. The molecule has 1 N–H and O–H groups in total. The Kier molecular flexibility index (Phi) is 4.32. The van der Waals surface area contributed by atoms with Crippen molar-refractivity contribution in [3.05, 3.63) is 29.7 Å². The van der Waals surface area contributed by atoms with Gasteiger partial charge in [0.1, 0.15) is 11.5 Å². The lowest BCUT2D eigenvalue weighted by molar-refractivity contribution is -0.122. The third-order valence-corrected chi connectivity index (χ3v) is 4.52. The van der Waals surface area contributed by atoms with Gasteiger partial charge in [0, 0.05) is 18.4 Å². The summed E-state index contributed by atoms with van der Waals surface area (Å²) in [6.07, 6.45) is 1.72. The SMILES string of the molecule is COCC1(C(=O)Nc2ccc(OC)c(-c3c(C)noc3C)c2)CC1. The second-order valence-corrected chi connectivity index (χ2v) is 6.28. The van der Waals surface area contributed by atoms with Gasteiger partial charge in [0.15, 0.2) is 0 Å². The van der Waals surface area contributed by atoms with Crippen LogP contribution in [0.2, 0.25) is 0 Å². The molecule has 24 heavy (non-hydrogen) atoms. The zero-order valence-corrected chi connectivity index (χ0v) is 14.4. The molecule has 2 aromatic rings. The van der Waals surface area contributed by atoms with Crippen LogP contribution in [0.5, 0.6) is 5.75 Å². The first-order valence-corrected chi connectivity index (χ1v) is 7.92. The highest BCUT2D eigenvalue weighted by atomic mass is 16.5. The molecule has 0 atom stereocenters. The van der Waals surface area contributed by atoms with E-state index in [1.54, 1.807) is 14.2 Å². The lowest BCUT2D eigenvalue weighted by atomic mass is 10.0. The summed E-state index contributed by atoms with van der Waals surface area (Å²) >= 11 is 0. The number of hydrogen-bond donors (Lipinski definition) is 1. The fourth-order valence-electron chi connectivity index (χ4n) is 2.98. The molecule has 0 saturated heterocycles. The van der Waals surface area contributed by atoms with Crippen molar-refractivity contribution < 1.29 is 18.8 Å². The summed E-state index contributed by atoms with van der Waals surface area (Å²) in [5, 5.41) is 6.99. The van der Waals surface area contributed by atoms with Crippen molar-refractivity contribution in [2.45, 2.75) is 26.7 Å². The first-order chi connectivity index (χ1) is 11.5. The molecule has 1 fully saturated rings. The van der Waals surface area contributed by atoms with E-state index in [0.717, 1.165) is 35.3 Å². The lowest BCUT2D eigenvalue weighted by Gasteiger charge is -2.16. The normalized spacial score (nSPS) is 15.2. The topological polar surface area (TPSA) is 73.6 Å². The summed E-state index contributed by atoms with van der Waals surface area (Å²) in [5.41, 5.74) is 2.87. The molecule has 0 spiro atoms. The average molecular weight is 330 g/mol. The van der Waals surface area contributed by atoms with E-state index in [1.807, 2.05) is 32.0 Å². The van der Waals surface area contributed by atoms with Crippen LogP contribution in [0.15, 0.2) is 22.7 Å². The number of aromatic nitrogens is 1. The molecule has 1 saturated carbocycles. The van der Waals surface area contributed by atoms with Crippen LogP contribution >= 0.6 is 0 Å². The number of nitrogens with zero attached hydrogens (tertiary/aromatic N) is 1. The maximum Gasteiger partial charge on any atom is 0.232 e. The molecule has 6 nitrogen and oxygen atoms in total. The molecule has 0 aliphatic heterocycles. The number of carbonyl (C=O) groups is 1. The highest BCUT2D eigenvalue weighted by Crippen LogP contribution is 2.47. The number of amides is 1. The molecule has 0 bridgehead atoms. The average Bonchev–Trinajstić information content (AvgIpc) is 3.27. The Balaban J connectivity index is 1.91. The maximum absolute atomic E-state index is 12.5. The Morgan fingerprint density at radius 3 is 2.62 bits per heavy atom. The second kappa shape index (κ2) is 6.28. The van der Waals surface area contributed by atoms with E-state index in [0.29, 0.717) is 18.1 Å². The second-order valence-electron chi connectivity index (χ2n) is 6.28. The smallest absolute Gasteiger partial charge is 0.232 e. The van der Waals surface area contributed by atoms with Crippen LogP contribution in [-0.2, 0) is 9.53 Å². The number of anilines is 1. The lowest BCUT2D eigenvalue weighted by Crippen LogP contribution is -2.28. The van der Waals surface area contributed by atoms with Crippen LogP contribution in [0, 0.1) is 19.3 Å². The summed E-state index contributed by atoms with van der Waals surface area (Å²) in [5.74, 6) is 1.42. The van der Waals surface area contributed by atoms with Gasteiger partial charge in [0.05, 0.1) is 30.4 Å². The van der Waals surface area contributed by atoms with Gasteiger partial charge in [0.2, 0.25) is 5.91 Å². The van der Waals surface area contributed by atoms with Crippen molar-refractivity contribution in [1.82, 2.24) is 5.16 Å². The number of methoxy groups -OCH3 is 2. The Morgan fingerprint density at radius 1 is 1.33 bits per heavy atom. The Bertz CT molecular complexity index is 743. The number of nitrogens with one attached hydrogen (secondary N) is 1. The summed E-state index contributed by atoms with van der Waals surface area (Å²) in [7, 11) is 3.24. The van der Waals surface area contributed by atoms with Gasteiger partial charge in [-0.25, -0.2) is 0 Å². The zero-order chi connectivity index (χ0) is 17.3. The van der Waals surface area contributed by atoms with E-state index in [4.69, 9.17) is 14.0 Å². The van der Waals surface area contributed by atoms with Crippen molar-refractivity contribution in [2.75, 3.05) is 26.1 Å². The van der Waals surface area contributed by atoms with Gasteiger partial charge in [-0.05, 0) is 44.9 Å². The largest absolute Gasteiger partial charge is 0.496 e. The van der Waals surface area contributed by atoms with Crippen LogP contribution in [0.3, 0.4) is 0 Å². The molecule has 1 heterocycles. The minimum atomic E-state index is -0.377. The fourth-order valence-corrected chi connectivity index (χ4v) is 2.98. The van der Waals surface area contributed by atoms with Crippen LogP contribution in [0.25, 0.3) is 11.1 Å². The standard InChI is InChI=1S/C18H22N2O4/c1-11-16(12(2)24-20-11)14-9-13(5-6-15(14)23-4)19-17(21)18(7-8-18)10-22-3/h5-6,9H,7-8,10H2,1-4H3,(H,19,21). The van der Waals surface area contributed by atoms with E-state index in [2.05, 4.69) is 10.5 Å². The predicted molar refractivity (Wildman–Crippen MR) is 90.1 cm³/mol. The van der Waals surface area contributed by atoms with Crippen LogP contribution in [-0.4, -0.2) is 31.9 Å².